The van der Waals surface area contributed by atoms with Gasteiger partial charge in [-0.25, -0.2) is 0 Å². The average Bonchev–Trinajstić information content (AvgIpc) is 3.19. The Bertz CT molecular complexity index is 425. The maximum atomic E-state index is 13.1. The normalized spacial score (nSPS) is 29.8. The molecule has 0 bridgehead atoms. The number of nitrogens with zero attached hydrogens (tertiary/aromatic N) is 1. The van der Waals surface area contributed by atoms with E-state index in [1.165, 1.54) is 12.8 Å². The Morgan fingerprint density at radius 3 is 2.52 bits per heavy atom. The predicted octanol–water partition coefficient (Wildman–Crippen LogP) is 2.47. The van der Waals surface area contributed by atoms with Crippen LogP contribution in [0.4, 0.5) is 0 Å². The molecule has 2 unspecified atom stereocenters. The van der Waals surface area contributed by atoms with E-state index in [0.717, 1.165) is 51.0 Å². The maximum Gasteiger partial charge on any atom is 0.249 e. The van der Waals surface area contributed by atoms with Gasteiger partial charge in [0.05, 0.1) is 0 Å². The summed E-state index contributed by atoms with van der Waals surface area (Å²) < 4.78 is 0. The molecule has 1 N–H and O–H groups in total. The molecule has 0 aromatic carbocycles. The van der Waals surface area contributed by atoms with Crippen LogP contribution in [-0.2, 0) is 9.59 Å². The van der Waals surface area contributed by atoms with E-state index in [0.29, 0.717) is 0 Å². The first kappa shape index (κ1) is 14.9. The topological polar surface area (TPSA) is 49.4 Å². The third kappa shape index (κ3) is 2.69. The summed E-state index contributed by atoms with van der Waals surface area (Å²) in [6.07, 6.45) is 8.35. The largest absolute Gasteiger partial charge is 0.340 e. The molecule has 4 nitrogen and oxygen atoms in total. The lowest BCUT2D eigenvalue weighted by Gasteiger charge is -2.46. The third-order valence-corrected chi connectivity index (χ3v) is 5.75. The molecule has 3 rings (SSSR count). The first-order chi connectivity index (χ1) is 10.1. The first-order valence-corrected chi connectivity index (χ1v) is 8.70. The second kappa shape index (κ2) is 5.62. The van der Waals surface area contributed by atoms with Crippen LogP contribution in [0.15, 0.2) is 0 Å². The number of hydrogen-bond acceptors (Lipinski definition) is 2. The van der Waals surface area contributed by atoms with E-state index in [9.17, 15) is 9.59 Å². The minimum atomic E-state index is -0.565. The number of rotatable bonds is 5. The van der Waals surface area contributed by atoms with E-state index in [2.05, 4.69) is 19.2 Å². The van der Waals surface area contributed by atoms with Crippen LogP contribution in [0.1, 0.15) is 65.2 Å². The van der Waals surface area contributed by atoms with Crippen LogP contribution < -0.4 is 5.32 Å². The molecule has 0 aromatic heterocycles. The summed E-state index contributed by atoms with van der Waals surface area (Å²) in [6.45, 7) is 4.96. The lowest BCUT2D eigenvalue weighted by atomic mass is 9.86. The van der Waals surface area contributed by atoms with Crippen LogP contribution in [0.5, 0.6) is 0 Å². The van der Waals surface area contributed by atoms with Gasteiger partial charge in [0.15, 0.2) is 0 Å². The molecule has 1 spiro atoms. The highest BCUT2D eigenvalue weighted by Crippen LogP contribution is 2.38. The van der Waals surface area contributed by atoms with Gasteiger partial charge in [-0.1, -0.05) is 46.0 Å². The van der Waals surface area contributed by atoms with Gasteiger partial charge in [0.1, 0.15) is 11.6 Å². The standard InChI is InChI=1S/C17H28N2O2/c1-3-12(2)14-15(20)18-17(9-4-5-10-17)16(21)19(14)11-8-13-6-7-13/h12-14H,3-11H2,1-2H3,(H,18,20). The van der Waals surface area contributed by atoms with Gasteiger partial charge in [0.25, 0.3) is 0 Å². The van der Waals surface area contributed by atoms with Gasteiger partial charge in [-0.2, -0.15) is 0 Å². The van der Waals surface area contributed by atoms with Gasteiger partial charge in [0, 0.05) is 6.54 Å². The SMILES string of the molecule is CCC(C)C1C(=O)NC2(CCCC2)C(=O)N1CCC1CC1. The fraction of sp³-hybridized carbons (Fsp3) is 0.882. The van der Waals surface area contributed by atoms with Gasteiger partial charge in [-0.15, -0.1) is 0 Å². The molecule has 21 heavy (non-hydrogen) atoms. The van der Waals surface area contributed by atoms with E-state index in [-0.39, 0.29) is 23.8 Å². The zero-order chi connectivity index (χ0) is 15.0. The number of carbonyl (C=O) groups excluding carboxylic acids is 2. The van der Waals surface area contributed by atoms with Crippen LogP contribution in [0.3, 0.4) is 0 Å². The van der Waals surface area contributed by atoms with E-state index < -0.39 is 5.54 Å². The second-order valence-electron chi connectivity index (χ2n) is 7.34. The van der Waals surface area contributed by atoms with Crippen molar-refractivity contribution < 1.29 is 9.59 Å². The van der Waals surface area contributed by atoms with Crippen LogP contribution >= 0.6 is 0 Å². The molecule has 2 aliphatic carbocycles. The van der Waals surface area contributed by atoms with Crippen LogP contribution in [0.2, 0.25) is 0 Å². The minimum absolute atomic E-state index is 0.0849. The molecule has 1 heterocycles. The van der Waals surface area contributed by atoms with E-state index in [4.69, 9.17) is 0 Å². The molecule has 2 atom stereocenters. The Hall–Kier alpha value is -1.06. The van der Waals surface area contributed by atoms with E-state index >= 15 is 0 Å². The monoisotopic (exact) mass is 292 g/mol. The van der Waals surface area contributed by atoms with Gasteiger partial charge in [0.2, 0.25) is 11.8 Å². The number of hydrogen-bond donors (Lipinski definition) is 1. The summed E-state index contributed by atoms with van der Waals surface area (Å²) in [5.74, 6) is 1.30. The number of piperazine rings is 1. The highest BCUT2D eigenvalue weighted by molar-refractivity contribution is 6.00. The Morgan fingerprint density at radius 1 is 1.29 bits per heavy atom. The summed E-state index contributed by atoms with van der Waals surface area (Å²) in [7, 11) is 0. The number of nitrogens with one attached hydrogen (secondary N) is 1. The van der Waals surface area contributed by atoms with Gasteiger partial charge >= 0.3 is 0 Å². The summed E-state index contributed by atoms with van der Waals surface area (Å²) in [6, 6.07) is -0.257. The Labute approximate surface area is 127 Å². The highest BCUT2D eigenvalue weighted by atomic mass is 16.2. The Kier molecular flexibility index (Phi) is 3.98. The summed E-state index contributed by atoms with van der Waals surface area (Å²) in [5.41, 5.74) is -0.565. The number of amides is 2. The maximum absolute atomic E-state index is 13.1. The third-order valence-electron chi connectivity index (χ3n) is 5.75. The first-order valence-electron chi connectivity index (χ1n) is 8.70. The van der Waals surface area contributed by atoms with Crippen molar-refractivity contribution in [3.05, 3.63) is 0 Å². The number of carbonyl (C=O) groups is 2. The highest BCUT2D eigenvalue weighted by Gasteiger charge is 2.52. The van der Waals surface area contributed by atoms with E-state index in [1.807, 2.05) is 4.90 Å². The van der Waals surface area contributed by atoms with E-state index in [1.54, 1.807) is 0 Å². The van der Waals surface area contributed by atoms with Crippen molar-refractivity contribution in [1.82, 2.24) is 10.2 Å². The zero-order valence-electron chi connectivity index (χ0n) is 13.4. The molecule has 3 fully saturated rings. The van der Waals surface area contributed by atoms with Crippen molar-refractivity contribution in [2.45, 2.75) is 76.8 Å². The van der Waals surface area contributed by atoms with Crippen molar-refractivity contribution in [3.63, 3.8) is 0 Å². The molecular weight excluding hydrogens is 264 g/mol. The lowest BCUT2D eigenvalue weighted by molar-refractivity contribution is -0.157. The second-order valence-corrected chi connectivity index (χ2v) is 7.34. The zero-order valence-corrected chi connectivity index (χ0v) is 13.4. The smallest absolute Gasteiger partial charge is 0.249 e. The van der Waals surface area contributed by atoms with Crippen molar-refractivity contribution in [2.75, 3.05) is 6.54 Å². The van der Waals surface area contributed by atoms with Gasteiger partial charge < -0.3 is 10.2 Å². The predicted molar refractivity (Wildman–Crippen MR) is 81.6 cm³/mol. The molecule has 2 saturated carbocycles. The molecule has 118 valence electrons. The molecule has 1 aliphatic heterocycles. The van der Waals surface area contributed by atoms with Crippen molar-refractivity contribution in [2.24, 2.45) is 11.8 Å². The molecule has 1 saturated heterocycles. The lowest BCUT2D eigenvalue weighted by Crippen LogP contribution is -2.70. The summed E-state index contributed by atoms with van der Waals surface area (Å²) in [4.78, 5) is 27.7. The fourth-order valence-corrected chi connectivity index (χ4v) is 3.98. The molecule has 0 radical (unpaired) electrons. The fourth-order valence-electron chi connectivity index (χ4n) is 3.98. The Balaban J connectivity index is 1.82. The molecule has 3 aliphatic rings. The van der Waals surface area contributed by atoms with Crippen molar-refractivity contribution in [1.29, 1.82) is 0 Å². The summed E-state index contributed by atoms with van der Waals surface area (Å²) >= 11 is 0. The molecule has 2 amide bonds. The van der Waals surface area contributed by atoms with Gasteiger partial charge in [-0.3, -0.25) is 9.59 Å². The quantitative estimate of drug-likeness (QED) is 0.846. The molecule has 0 aromatic rings. The van der Waals surface area contributed by atoms with Crippen LogP contribution in [0.25, 0.3) is 0 Å². The van der Waals surface area contributed by atoms with Crippen LogP contribution in [-0.4, -0.2) is 34.8 Å². The minimum Gasteiger partial charge on any atom is -0.340 e. The van der Waals surface area contributed by atoms with Crippen molar-refractivity contribution >= 4 is 11.8 Å². The van der Waals surface area contributed by atoms with Gasteiger partial charge in [-0.05, 0) is 31.1 Å². The molecule has 4 heteroatoms. The van der Waals surface area contributed by atoms with Crippen LogP contribution in [0, 0.1) is 11.8 Å². The summed E-state index contributed by atoms with van der Waals surface area (Å²) in [5, 5.41) is 3.11. The average molecular weight is 292 g/mol. The van der Waals surface area contributed by atoms with Crippen molar-refractivity contribution in [3.8, 4) is 0 Å². The Morgan fingerprint density at radius 2 is 1.95 bits per heavy atom. The molecular formula is C17H28N2O2.